The second-order valence-electron chi connectivity index (χ2n) is 5.20. The minimum atomic E-state index is -3.64. The van der Waals surface area contributed by atoms with Gasteiger partial charge in [0.15, 0.2) is 5.96 Å². The Morgan fingerprint density at radius 1 is 1.35 bits per heavy atom. The van der Waals surface area contributed by atoms with E-state index in [0.29, 0.717) is 19.6 Å². The molecule has 23 heavy (non-hydrogen) atoms. The highest BCUT2D eigenvalue weighted by Gasteiger charge is 2.07. The van der Waals surface area contributed by atoms with Gasteiger partial charge in [0.1, 0.15) is 0 Å². The molecule has 0 fully saturated rings. The van der Waals surface area contributed by atoms with E-state index in [-0.39, 0.29) is 10.9 Å². The number of aliphatic imine (C=N–C) groups is 1. The van der Waals surface area contributed by atoms with E-state index in [1.165, 1.54) is 12.1 Å². The molecule has 0 bridgehead atoms. The first-order chi connectivity index (χ1) is 10.9. The fraction of sp³-hybridized carbons (Fsp3) is 0.533. The molecule has 1 atom stereocenters. The summed E-state index contributed by atoms with van der Waals surface area (Å²) in [5.74, 6) is 0.734. The topological polar surface area (TPSA) is 106 Å². The molecular formula is C15H26N4O3S. The van der Waals surface area contributed by atoms with Crippen LogP contribution in [0.5, 0.6) is 0 Å². The Labute approximate surface area is 138 Å². The molecule has 0 saturated carbocycles. The number of hydrogen-bond donors (Lipinski definition) is 3. The Hall–Kier alpha value is -1.64. The molecule has 0 aliphatic heterocycles. The quantitative estimate of drug-likeness (QED) is 0.470. The largest absolute Gasteiger partial charge is 0.383 e. The number of nitrogens with zero attached hydrogens (tertiary/aromatic N) is 1. The minimum Gasteiger partial charge on any atom is -0.383 e. The van der Waals surface area contributed by atoms with Gasteiger partial charge in [-0.25, -0.2) is 13.6 Å². The van der Waals surface area contributed by atoms with Crippen LogP contribution in [0.4, 0.5) is 0 Å². The molecular weight excluding hydrogens is 316 g/mol. The highest BCUT2D eigenvalue weighted by atomic mass is 32.2. The Bertz CT molecular complexity index is 600. The van der Waals surface area contributed by atoms with Crippen LogP contribution in [0, 0.1) is 0 Å². The summed E-state index contributed by atoms with van der Waals surface area (Å²) in [6.07, 6.45) is 0.708. The molecule has 8 heteroatoms. The third-order valence-corrected chi connectivity index (χ3v) is 4.00. The molecule has 4 N–H and O–H groups in total. The van der Waals surface area contributed by atoms with E-state index in [1.807, 2.05) is 13.8 Å². The van der Waals surface area contributed by atoms with Gasteiger partial charge in [0.05, 0.1) is 11.5 Å². The number of guanidine groups is 1. The first-order valence-electron chi connectivity index (χ1n) is 7.52. The summed E-state index contributed by atoms with van der Waals surface area (Å²) < 4.78 is 27.5. The second kappa shape index (κ2) is 9.49. The monoisotopic (exact) mass is 342 g/mol. The Balaban J connectivity index is 2.60. The van der Waals surface area contributed by atoms with Crippen LogP contribution in [0.2, 0.25) is 0 Å². The zero-order valence-electron chi connectivity index (χ0n) is 13.9. The van der Waals surface area contributed by atoms with Gasteiger partial charge in [-0.3, -0.25) is 4.99 Å². The van der Waals surface area contributed by atoms with Crippen molar-refractivity contribution in [3.63, 3.8) is 0 Å². The van der Waals surface area contributed by atoms with Crippen molar-refractivity contribution in [3.05, 3.63) is 29.8 Å². The van der Waals surface area contributed by atoms with Crippen LogP contribution in [0.3, 0.4) is 0 Å². The van der Waals surface area contributed by atoms with Gasteiger partial charge in [-0.05, 0) is 38.0 Å². The van der Waals surface area contributed by atoms with Crippen LogP contribution in [-0.4, -0.2) is 47.2 Å². The lowest BCUT2D eigenvalue weighted by Gasteiger charge is -2.16. The van der Waals surface area contributed by atoms with Crippen LogP contribution < -0.4 is 15.8 Å². The lowest BCUT2D eigenvalue weighted by molar-refractivity contribution is 0.179. The van der Waals surface area contributed by atoms with E-state index < -0.39 is 10.0 Å². The number of methoxy groups -OCH3 is 1. The van der Waals surface area contributed by atoms with E-state index in [1.54, 1.807) is 19.2 Å². The van der Waals surface area contributed by atoms with Gasteiger partial charge in [0, 0.05) is 26.2 Å². The molecule has 0 radical (unpaired) electrons. The van der Waals surface area contributed by atoms with E-state index in [4.69, 9.17) is 9.88 Å². The maximum absolute atomic E-state index is 11.2. The third kappa shape index (κ3) is 7.45. The van der Waals surface area contributed by atoms with Gasteiger partial charge >= 0.3 is 0 Å². The standard InChI is InChI=1S/C15H26N4O3S/c1-4-17-15(19-12(2)11-22-3)18-10-9-13-5-7-14(8-6-13)23(16,20)21/h5-8,12H,4,9-11H2,1-3H3,(H2,16,20,21)(H2,17,18,19). The number of nitrogens with one attached hydrogen (secondary N) is 2. The molecule has 0 heterocycles. The maximum atomic E-state index is 11.2. The van der Waals surface area contributed by atoms with Crippen LogP contribution in [-0.2, 0) is 21.2 Å². The predicted octanol–water partition coefficient (Wildman–Crippen LogP) is 0.467. The fourth-order valence-corrected chi connectivity index (χ4v) is 2.50. The van der Waals surface area contributed by atoms with Gasteiger partial charge in [-0.2, -0.15) is 0 Å². The predicted molar refractivity (Wildman–Crippen MR) is 92.0 cm³/mol. The van der Waals surface area contributed by atoms with Gasteiger partial charge in [0.25, 0.3) is 0 Å². The van der Waals surface area contributed by atoms with Crippen molar-refractivity contribution in [1.82, 2.24) is 10.6 Å². The lowest BCUT2D eigenvalue weighted by Crippen LogP contribution is -2.44. The highest BCUT2D eigenvalue weighted by molar-refractivity contribution is 7.89. The van der Waals surface area contributed by atoms with Crippen molar-refractivity contribution in [3.8, 4) is 0 Å². The fourth-order valence-electron chi connectivity index (χ4n) is 1.99. The van der Waals surface area contributed by atoms with Gasteiger partial charge in [-0.1, -0.05) is 12.1 Å². The molecule has 0 spiro atoms. The first-order valence-corrected chi connectivity index (χ1v) is 9.07. The van der Waals surface area contributed by atoms with Crippen molar-refractivity contribution >= 4 is 16.0 Å². The highest BCUT2D eigenvalue weighted by Crippen LogP contribution is 2.09. The average molecular weight is 342 g/mol. The Morgan fingerprint density at radius 3 is 2.52 bits per heavy atom. The zero-order chi connectivity index (χ0) is 17.3. The average Bonchev–Trinajstić information content (AvgIpc) is 2.47. The van der Waals surface area contributed by atoms with Gasteiger partial charge in [0.2, 0.25) is 10.0 Å². The normalized spacial score (nSPS) is 13.7. The summed E-state index contributed by atoms with van der Waals surface area (Å²) in [7, 11) is -1.98. The van der Waals surface area contributed by atoms with Gasteiger partial charge in [-0.15, -0.1) is 0 Å². The lowest BCUT2D eigenvalue weighted by atomic mass is 10.1. The molecule has 1 aromatic carbocycles. The van der Waals surface area contributed by atoms with Crippen molar-refractivity contribution in [2.24, 2.45) is 10.1 Å². The van der Waals surface area contributed by atoms with Crippen molar-refractivity contribution in [2.75, 3.05) is 26.8 Å². The molecule has 7 nitrogen and oxygen atoms in total. The third-order valence-electron chi connectivity index (χ3n) is 3.07. The van der Waals surface area contributed by atoms with Crippen LogP contribution >= 0.6 is 0 Å². The Kier molecular flexibility index (Phi) is 8.01. The summed E-state index contributed by atoms with van der Waals surface area (Å²) in [5.41, 5.74) is 1.00. The summed E-state index contributed by atoms with van der Waals surface area (Å²) >= 11 is 0. The number of nitrogens with two attached hydrogens (primary N) is 1. The summed E-state index contributed by atoms with van der Waals surface area (Å²) in [5, 5.41) is 11.5. The SMILES string of the molecule is CCNC(=NCCc1ccc(S(N)(=O)=O)cc1)NC(C)COC. The number of rotatable bonds is 8. The smallest absolute Gasteiger partial charge is 0.238 e. The number of ether oxygens (including phenoxy) is 1. The maximum Gasteiger partial charge on any atom is 0.238 e. The molecule has 1 aromatic rings. The minimum absolute atomic E-state index is 0.119. The molecule has 1 rings (SSSR count). The molecule has 0 aliphatic rings. The van der Waals surface area contributed by atoms with E-state index in [2.05, 4.69) is 15.6 Å². The Morgan fingerprint density at radius 2 is 2.00 bits per heavy atom. The van der Waals surface area contributed by atoms with Crippen LogP contribution in [0.1, 0.15) is 19.4 Å². The molecule has 0 aliphatic carbocycles. The van der Waals surface area contributed by atoms with Gasteiger partial charge < -0.3 is 15.4 Å². The number of sulfonamides is 1. The van der Waals surface area contributed by atoms with E-state index in [9.17, 15) is 8.42 Å². The van der Waals surface area contributed by atoms with E-state index >= 15 is 0 Å². The summed E-state index contributed by atoms with van der Waals surface area (Å²) in [6.45, 7) is 5.98. The second-order valence-corrected chi connectivity index (χ2v) is 6.76. The molecule has 1 unspecified atom stereocenters. The molecule has 130 valence electrons. The van der Waals surface area contributed by atoms with E-state index in [0.717, 1.165) is 18.1 Å². The van der Waals surface area contributed by atoms with Crippen molar-refractivity contribution in [1.29, 1.82) is 0 Å². The van der Waals surface area contributed by atoms with Crippen LogP contribution in [0.25, 0.3) is 0 Å². The van der Waals surface area contributed by atoms with Crippen molar-refractivity contribution in [2.45, 2.75) is 31.2 Å². The van der Waals surface area contributed by atoms with Crippen LogP contribution in [0.15, 0.2) is 34.2 Å². The molecule has 0 saturated heterocycles. The first kappa shape index (κ1) is 19.4. The number of hydrogen-bond acceptors (Lipinski definition) is 4. The number of benzene rings is 1. The number of primary sulfonamides is 1. The summed E-state index contributed by atoms with van der Waals surface area (Å²) in [6, 6.07) is 6.69. The zero-order valence-corrected chi connectivity index (χ0v) is 14.7. The summed E-state index contributed by atoms with van der Waals surface area (Å²) in [4.78, 5) is 4.62. The molecule has 0 aromatic heterocycles. The molecule has 0 amide bonds. The van der Waals surface area contributed by atoms with Crippen molar-refractivity contribution < 1.29 is 13.2 Å².